The predicted octanol–water partition coefficient (Wildman–Crippen LogP) is 3.26. The van der Waals surface area contributed by atoms with Gasteiger partial charge in [0.15, 0.2) is 0 Å². The van der Waals surface area contributed by atoms with Crippen molar-refractivity contribution in [2.24, 2.45) is 0 Å². The van der Waals surface area contributed by atoms with E-state index < -0.39 is 5.97 Å². The number of rotatable bonds is 3. The third kappa shape index (κ3) is 1.80. The van der Waals surface area contributed by atoms with Gasteiger partial charge in [-0.05, 0) is 12.1 Å². The van der Waals surface area contributed by atoms with Gasteiger partial charge in [-0.1, -0.05) is 18.2 Å². The standard InChI is InChI=1S/C14H11NO4/c1-18-15-8-6-10(14(16)17)13-9-4-2-3-5-11(9)19-12(13)7-8/h2-7,15H,1H3,(H,16,17). The van der Waals surface area contributed by atoms with E-state index in [2.05, 4.69) is 5.48 Å². The van der Waals surface area contributed by atoms with E-state index >= 15 is 0 Å². The number of carbonyl (C=O) groups is 1. The Morgan fingerprint density at radius 3 is 2.79 bits per heavy atom. The molecule has 96 valence electrons. The Bertz CT molecular complexity index is 776. The van der Waals surface area contributed by atoms with Gasteiger partial charge in [0.2, 0.25) is 0 Å². The van der Waals surface area contributed by atoms with Crippen molar-refractivity contribution in [2.45, 2.75) is 0 Å². The second-order valence-electron chi connectivity index (χ2n) is 4.11. The van der Waals surface area contributed by atoms with Gasteiger partial charge in [-0.15, -0.1) is 0 Å². The molecule has 0 atom stereocenters. The fraction of sp³-hybridized carbons (Fsp3) is 0.0714. The number of furan rings is 1. The van der Waals surface area contributed by atoms with Gasteiger partial charge in [-0.3, -0.25) is 10.3 Å². The van der Waals surface area contributed by atoms with E-state index in [9.17, 15) is 9.90 Å². The molecule has 0 saturated heterocycles. The minimum absolute atomic E-state index is 0.182. The zero-order chi connectivity index (χ0) is 13.4. The number of fused-ring (bicyclic) bond motifs is 3. The molecule has 0 aliphatic rings. The molecule has 0 aliphatic heterocycles. The zero-order valence-electron chi connectivity index (χ0n) is 10.1. The van der Waals surface area contributed by atoms with Crippen LogP contribution in [0.1, 0.15) is 10.4 Å². The Hall–Kier alpha value is -2.53. The molecule has 1 aromatic heterocycles. The van der Waals surface area contributed by atoms with Gasteiger partial charge in [0.05, 0.1) is 18.4 Å². The van der Waals surface area contributed by atoms with Gasteiger partial charge >= 0.3 is 5.97 Å². The Kier molecular flexibility index (Phi) is 2.61. The number of anilines is 1. The molecule has 1 heterocycles. The van der Waals surface area contributed by atoms with Crippen molar-refractivity contribution in [3.8, 4) is 0 Å². The maximum absolute atomic E-state index is 11.4. The molecule has 19 heavy (non-hydrogen) atoms. The van der Waals surface area contributed by atoms with E-state index in [4.69, 9.17) is 9.25 Å². The molecular weight excluding hydrogens is 246 g/mol. The van der Waals surface area contributed by atoms with Crippen molar-refractivity contribution < 1.29 is 19.2 Å². The maximum atomic E-state index is 11.4. The van der Waals surface area contributed by atoms with Crippen molar-refractivity contribution in [1.82, 2.24) is 0 Å². The van der Waals surface area contributed by atoms with Crippen LogP contribution >= 0.6 is 0 Å². The second-order valence-corrected chi connectivity index (χ2v) is 4.11. The minimum Gasteiger partial charge on any atom is -0.478 e. The maximum Gasteiger partial charge on any atom is 0.336 e. The van der Waals surface area contributed by atoms with E-state index in [1.807, 2.05) is 24.3 Å². The van der Waals surface area contributed by atoms with Crippen molar-refractivity contribution in [3.05, 3.63) is 42.0 Å². The van der Waals surface area contributed by atoms with E-state index in [0.717, 1.165) is 5.39 Å². The second kappa shape index (κ2) is 4.29. The average molecular weight is 257 g/mol. The van der Waals surface area contributed by atoms with Crippen LogP contribution in [0.15, 0.2) is 40.8 Å². The smallest absolute Gasteiger partial charge is 0.336 e. The summed E-state index contributed by atoms with van der Waals surface area (Å²) in [6.45, 7) is 0. The van der Waals surface area contributed by atoms with Gasteiger partial charge in [-0.2, -0.15) is 0 Å². The van der Waals surface area contributed by atoms with Crippen LogP contribution in [0.2, 0.25) is 0 Å². The number of benzene rings is 2. The Morgan fingerprint density at radius 2 is 2.05 bits per heavy atom. The molecule has 0 fully saturated rings. The summed E-state index contributed by atoms with van der Waals surface area (Å²) < 4.78 is 5.67. The number of para-hydroxylation sites is 1. The molecule has 2 N–H and O–H groups in total. The first-order chi connectivity index (χ1) is 9.20. The van der Waals surface area contributed by atoms with Gasteiger partial charge < -0.3 is 9.52 Å². The molecule has 0 bridgehead atoms. The fourth-order valence-electron chi connectivity index (χ4n) is 2.20. The topological polar surface area (TPSA) is 71.7 Å². The molecule has 0 spiro atoms. The Balaban J connectivity index is 2.41. The number of hydrogen-bond donors (Lipinski definition) is 2. The highest BCUT2D eigenvalue weighted by Crippen LogP contribution is 2.33. The van der Waals surface area contributed by atoms with Crippen LogP contribution in [0.5, 0.6) is 0 Å². The van der Waals surface area contributed by atoms with Crippen molar-refractivity contribution in [3.63, 3.8) is 0 Å². The van der Waals surface area contributed by atoms with Crippen LogP contribution in [0, 0.1) is 0 Å². The lowest BCUT2D eigenvalue weighted by Gasteiger charge is -2.05. The summed E-state index contributed by atoms with van der Waals surface area (Å²) in [5.41, 5.74) is 4.51. The third-order valence-corrected chi connectivity index (χ3v) is 2.93. The van der Waals surface area contributed by atoms with Crippen LogP contribution in [-0.2, 0) is 4.84 Å². The highest BCUT2D eigenvalue weighted by atomic mass is 16.6. The number of hydrogen-bond acceptors (Lipinski definition) is 4. The summed E-state index contributed by atoms with van der Waals surface area (Å²) in [4.78, 5) is 16.2. The average Bonchev–Trinajstić information content (AvgIpc) is 2.76. The molecule has 2 aromatic carbocycles. The largest absolute Gasteiger partial charge is 0.478 e. The highest BCUT2D eigenvalue weighted by molar-refractivity contribution is 6.15. The van der Waals surface area contributed by atoms with Crippen molar-refractivity contribution in [1.29, 1.82) is 0 Å². The quantitative estimate of drug-likeness (QED) is 0.704. The molecule has 5 nitrogen and oxygen atoms in total. The van der Waals surface area contributed by atoms with Crippen LogP contribution < -0.4 is 5.48 Å². The predicted molar refractivity (Wildman–Crippen MR) is 71.3 cm³/mol. The lowest BCUT2D eigenvalue weighted by molar-refractivity contribution is 0.0699. The highest BCUT2D eigenvalue weighted by Gasteiger charge is 2.16. The van der Waals surface area contributed by atoms with Crippen LogP contribution in [-0.4, -0.2) is 18.2 Å². The number of aromatic carboxylic acids is 1. The molecular formula is C14H11NO4. The van der Waals surface area contributed by atoms with Gasteiger partial charge in [0, 0.05) is 16.8 Å². The zero-order valence-corrected chi connectivity index (χ0v) is 10.1. The summed E-state index contributed by atoms with van der Waals surface area (Å²) in [6.07, 6.45) is 0. The molecule has 0 radical (unpaired) electrons. The normalized spacial score (nSPS) is 11.0. The van der Waals surface area contributed by atoms with Crippen LogP contribution in [0.25, 0.3) is 21.9 Å². The first kappa shape index (κ1) is 11.6. The lowest BCUT2D eigenvalue weighted by atomic mass is 10.1. The van der Waals surface area contributed by atoms with Crippen molar-refractivity contribution in [2.75, 3.05) is 12.6 Å². The molecule has 0 saturated carbocycles. The van der Waals surface area contributed by atoms with E-state index in [1.165, 1.54) is 13.2 Å². The first-order valence-corrected chi connectivity index (χ1v) is 5.68. The minimum atomic E-state index is -1.00. The SMILES string of the molecule is CONc1cc(C(=O)O)c2c(c1)oc1ccccc12. The van der Waals surface area contributed by atoms with Gasteiger partial charge in [0.1, 0.15) is 11.2 Å². The van der Waals surface area contributed by atoms with Crippen molar-refractivity contribution >= 4 is 33.6 Å². The van der Waals surface area contributed by atoms with E-state index in [-0.39, 0.29) is 5.56 Å². The third-order valence-electron chi connectivity index (χ3n) is 2.93. The number of carboxylic acid groups (broad SMARTS) is 1. The number of carboxylic acids is 1. The van der Waals surface area contributed by atoms with E-state index in [1.54, 1.807) is 6.07 Å². The van der Waals surface area contributed by atoms with Gasteiger partial charge in [-0.25, -0.2) is 4.79 Å². The van der Waals surface area contributed by atoms with Crippen LogP contribution in [0.3, 0.4) is 0 Å². The first-order valence-electron chi connectivity index (χ1n) is 5.68. The Morgan fingerprint density at radius 1 is 1.26 bits per heavy atom. The summed E-state index contributed by atoms with van der Waals surface area (Å²) in [5, 5.41) is 10.7. The lowest BCUT2D eigenvalue weighted by Crippen LogP contribution is -2.01. The van der Waals surface area contributed by atoms with E-state index in [0.29, 0.717) is 22.2 Å². The summed E-state index contributed by atoms with van der Waals surface area (Å²) in [7, 11) is 1.46. The summed E-state index contributed by atoms with van der Waals surface area (Å²) in [5.74, 6) is -1.00. The van der Waals surface area contributed by atoms with Gasteiger partial charge in [0.25, 0.3) is 0 Å². The molecule has 3 aromatic rings. The molecule has 0 aliphatic carbocycles. The molecule has 3 rings (SSSR count). The monoisotopic (exact) mass is 257 g/mol. The molecule has 0 amide bonds. The number of nitrogens with one attached hydrogen (secondary N) is 1. The summed E-state index contributed by atoms with van der Waals surface area (Å²) in [6, 6.07) is 10.6. The fourth-order valence-corrected chi connectivity index (χ4v) is 2.20. The molecule has 5 heteroatoms. The summed E-state index contributed by atoms with van der Waals surface area (Å²) >= 11 is 0. The molecule has 0 unspecified atom stereocenters. The van der Waals surface area contributed by atoms with Crippen LogP contribution in [0.4, 0.5) is 5.69 Å². The Labute approximate surface area is 108 Å².